The van der Waals surface area contributed by atoms with Gasteiger partial charge in [0, 0.05) is 14.2 Å². The van der Waals surface area contributed by atoms with E-state index in [9.17, 15) is 9.59 Å². The van der Waals surface area contributed by atoms with Crippen LogP contribution < -0.4 is 0 Å². The molecule has 0 bridgehead atoms. The van der Waals surface area contributed by atoms with Crippen molar-refractivity contribution >= 4 is 58.3 Å². The Hall–Kier alpha value is 0.199. The Balaban J connectivity index is -0.000000516. The number of hydrogen-bond donors (Lipinski definition) is 2. The van der Waals surface area contributed by atoms with Crippen LogP contribution in [0.5, 0.6) is 0 Å². The molecule has 0 aromatic rings. The second kappa shape index (κ2) is 42.7. The van der Waals surface area contributed by atoms with Crippen molar-refractivity contribution in [2.75, 3.05) is 105 Å². The minimum Gasteiger partial charge on any atom is -0.463 e. The fourth-order valence-corrected chi connectivity index (χ4v) is 6.52. The van der Waals surface area contributed by atoms with Gasteiger partial charge in [-0.25, -0.2) is 0 Å². The number of carbonyl (C=O) groups is 2. The Bertz CT molecular complexity index is 440. The number of carbonyl (C=O) groups excluding carboxylic acids is 2. The number of hydrogen-bond acceptors (Lipinski definition) is 12. The van der Waals surface area contributed by atoms with Gasteiger partial charge in [-0.05, 0) is 0 Å². The Kier molecular flexibility index (Phi) is 47.7. The molecule has 0 aliphatic carbocycles. The molecule has 10 nitrogen and oxygen atoms in total. The van der Waals surface area contributed by atoms with E-state index in [0.717, 1.165) is 0 Å². The Morgan fingerprint density at radius 1 is 0.538 bits per heavy atom. The number of thiol groups is 2. The summed E-state index contributed by atoms with van der Waals surface area (Å²) >= 11 is 7.67. The third-order valence-electron chi connectivity index (χ3n) is 4.26. The maximum absolute atomic E-state index is 10.6. The van der Waals surface area contributed by atoms with E-state index in [2.05, 4.69) is 39.1 Å². The maximum Gasteiger partial charge on any atom is 0.315 e. The molecule has 13 heteroatoms. The first-order chi connectivity index (χ1) is 19.0. The average Bonchev–Trinajstić information content (AvgIpc) is 2.95. The van der Waals surface area contributed by atoms with Crippen LogP contribution in [0.3, 0.4) is 0 Å². The van der Waals surface area contributed by atoms with E-state index in [-0.39, 0.29) is 57.8 Å². The van der Waals surface area contributed by atoms with Gasteiger partial charge in [-0.1, -0.05) is 0 Å². The van der Waals surface area contributed by atoms with Gasteiger partial charge < -0.3 is 37.9 Å². The summed E-state index contributed by atoms with van der Waals surface area (Å²) in [5.74, 6) is -0.475. The molecule has 0 aliphatic rings. The zero-order chi connectivity index (χ0) is 29.7. The third kappa shape index (κ3) is 48.3. The molecule has 0 aromatic carbocycles. The molecule has 0 amide bonds. The predicted octanol–water partition coefficient (Wildman–Crippen LogP) is 3.41. The molecular formula is C26H54O10S2Sn. The van der Waals surface area contributed by atoms with Crippen molar-refractivity contribution in [1.82, 2.24) is 0 Å². The summed E-state index contributed by atoms with van der Waals surface area (Å²) in [6.07, 6.45) is 5.84. The number of ether oxygens (including phenoxy) is 8. The summed E-state index contributed by atoms with van der Waals surface area (Å²) in [6, 6.07) is 0. The smallest absolute Gasteiger partial charge is 0.315 e. The van der Waals surface area contributed by atoms with E-state index in [1.807, 2.05) is 0 Å². The largest absolute Gasteiger partial charge is 0.463 e. The van der Waals surface area contributed by atoms with Gasteiger partial charge in [0.2, 0.25) is 0 Å². The molecule has 0 spiro atoms. The van der Waals surface area contributed by atoms with Crippen molar-refractivity contribution in [2.24, 2.45) is 0 Å². The van der Waals surface area contributed by atoms with Crippen molar-refractivity contribution in [3.8, 4) is 0 Å². The first-order valence-corrected chi connectivity index (χ1v) is 18.9. The Morgan fingerprint density at radius 2 is 0.846 bits per heavy atom. The minimum absolute atomic E-state index is 0.0974. The van der Waals surface area contributed by atoms with Gasteiger partial charge >= 0.3 is 81.5 Å². The summed E-state index contributed by atoms with van der Waals surface area (Å²) in [5, 5.41) is 0. The van der Waals surface area contributed by atoms with Crippen LogP contribution in [0.2, 0.25) is 8.87 Å². The molecule has 2 radical (unpaired) electrons. The van der Waals surface area contributed by atoms with Crippen LogP contribution >= 0.6 is 25.3 Å². The molecule has 0 fully saturated rings. The molecule has 0 aliphatic heterocycles. The molecule has 0 N–H and O–H groups in total. The van der Waals surface area contributed by atoms with E-state index in [0.29, 0.717) is 66.1 Å². The topological polar surface area (TPSA) is 108 Å². The number of esters is 2. The van der Waals surface area contributed by atoms with Crippen LogP contribution in [-0.2, 0) is 47.5 Å². The van der Waals surface area contributed by atoms with Crippen LogP contribution in [0.25, 0.3) is 0 Å². The van der Waals surface area contributed by atoms with Crippen molar-refractivity contribution in [3.63, 3.8) is 0 Å². The van der Waals surface area contributed by atoms with Gasteiger partial charge in [0.15, 0.2) is 0 Å². The molecular weight excluding hydrogens is 655 g/mol. The van der Waals surface area contributed by atoms with Crippen LogP contribution in [0.4, 0.5) is 0 Å². The number of methoxy groups -OCH3 is 2. The standard InChI is InChI=1S/2C9H18O5S.2C4H9.Sn/c2*1-11-2-3-12-4-5-13-6-7-14-9(10)8-15;2*1-3-4-2;/h2*15H,2-8H2,1H3;2*1,3-4H2,2H3;. The van der Waals surface area contributed by atoms with E-state index in [1.165, 1.54) is 25.7 Å². The van der Waals surface area contributed by atoms with Crippen molar-refractivity contribution in [1.29, 1.82) is 0 Å². The van der Waals surface area contributed by atoms with Gasteiger partial charge in [0.1, 0.15) is 13.2 Å². The minimum atomic E-state index is -0.335. The summed E-state index contributed by atoms with van der Waals surface area (Å²) in [6.45, 7) is 10.2. The van der Waals surface area contributed by atoms with Crippen molar-refractivity contribution < 1.29 is 47.5 Å². The Labute approximate surface area is 258 Å². The summed E-state index contributed by atoms with van der Waals surface area (Å²) in [5.41, 5.74) is 0. The van der Waals surface area contributed by atoms with Crippen molar-refractivity contribution in [3.05, 3.63) is 0 Å². The van der Waals surface area contributed by atoms with Gasteiger partial charge in [-0.2, -0.15) is 25.3 Å². The second-order valence-electron chi connectivity index (χ2n) is 7.65. The van der Waals surface area contributed by atoms with E-state index in [1.54, 1.807) is 23.1 Å². The fraction of sp³-hybridized carbons (Fsp3) is 0.923. The zero-order valence-corrected chi connectivity index (χ0v) is 29.3. The molecule has 234 valence electrons. The van der Waals surface area contributed by atoms with Crippen LogP contribution in [0.1, 0.15) is 39.5 Å². The second-order valence-corrected chi connectivity index (χ2v) is 12.6. The van der Waals surface area contributed by atoms with Gasteiger partial charge in [-0.15, -0.1) is 0 Å². The van der Waals surface area contributed by atoms with Crippen LogP contribution in [0.15, 0.2) is 0 Å². The molecule has 0 rings (SSSR count). The molecule has 0 saturated carbocycles. The molecule has 0 aromatic heterocycles. The average molecular weight is 710 g/mol. The van der Waals surface area contributed by atoms with E-state index < -0.39 is 0 Å². The van der Waals surface area contributed by atoms with Gasteiger partial charge in [0.05, 0.1) is 77.6 Å². The third-order valence-corrected chi connectivity index (χ3v) is 8.81. The van der Waals surface area contributed by atoms with Crippen LogP contribution in [0, 0.1) is 0 Å². The van der Waals surface area contributed by atoms with Crippen LogP contribution in [-0.4, -0.2) is 138 Å². The molecule has 0 atom stereocenters. The predicted molar refractivity (Wildman–Crippen MR) is 162 cm³/mol. The van der Waals surface area contributed by atoms with E-state index in [4.69, 9.17) is 37.9 Å². The quantitative estimate of drug-likeness (QED) is 0.0601. The summed E-state index contributed by atoms with van der Waals surface area (Å²) in [4.78, 5) is 21.3. The molecule has 0 heterocycles. The van der Waals surface area contributed by atoms with Gasteiger partial charge in [-0.3, -0.25) is 9.59 Å². The molecule has 0 unspecified atom stereocenters. The summed E-state index contributed by atoms with van der Waals surface area (Å²) < 4.78 is 42.9. The normalized spacial score (nSPS) is 10.2. The van der Waals surface area contributed by atoms with Crippen molar-refractivity contribution in [2.45, 2.75) is 48.4 Å². The first kappa shape index (κ1) is 43.6. The SMILES string of the molecule is CCC[CH2][Sn][CH2]CCC.COCCOCCOCCOC(=O)CS.COCCOCCOCCOC(=O)CS. The first-order valence-electron chi connectivity index (χ1n) is 13.6. The zero-order valence-electron chi connectivity index (χ0n) is 24.6. The fourth-order valence-electron chi connectivity index (χ4n) is 2.18. The monoisotopic (exact) mass is 710 g/mol. The van der Waals surface area contributed by atoms with E-state index >= 15 is 0 Å². The van der Waals surface area contributed by atoms with Gasteiger partial charge in [0.25, 0.3) is 0 Å². The maximum atomic E-state index is 10.6. The Morgan fingerprint density at radius 3 is 1.13 bits per heavy atom. The summed E-state index contributed by atoms with van der Waals surface area (Å²) in [7, 11) is 3.24. The number of rotatable bonds is 26. The number of unbranched alkanes of at least 4 members (excludes halogenated alkanes) is 2. The molecule has 0 saturated heterocycles. The molecule has 39 heavy (non-hydrogen) atoms.